The van der Waals surface area contributed by atoms with Crippen LogP contribution in [0.25, 0.3) is 0 Å². The maximum atomic E-state index is 12.4. The molecule has 0 aliphatic heterocycles. The van der Waals surface area contributed by atoms with Crippen LogP contribution < -0.4 is 5.32 Å². The molecule has 4 nitrogen and oxygen atoms in total. The number of para-hydroxylation sites is 1. The highest BCUT2D eigenvalue weighted by molar-refractivity contribution is 9.12. The van der Waals surface area contributed by atoms with Crippen molar-refractivity contribution >= 4 is 33.2 Å². The average Bonchev–Trinajstić information content (AvgIpc) is 2.50. The molecule has 0 bridgehead atoms. The molecule has 1 aliphatic carbocycles. The minimum atomic E-state index is -0.293. The molecule has 1 N–H and O–H groups in total. The van der Waals surface area contributed by atoms with Crippen molar-refractivity contribution in [3.05, 3.63) is 70.1 Å². The van der Waals surface area contributed by atoms with Crippen molar-refractivity contribution in [1.29, 1.82) is 0 Å². The molecule has 1 aromatic heterocycles. The van der Waals surface area contributed by atoms with E-state index in [0.717, 1.165) is 5.69 Å². The predicted molar refractivity (Wildman–Crippen MR) is 78.9 cm³/mol. The minimum absolute atomic E-state index is 0.183. The molecule has 98 valence electrons. The minimum Gasteiger partial charge on any atom is -0.351 e. The van der Waals surface area contributed by atoms with Crippen molar-refractivity contribution in [3.8, 4) is 0 Å². The first kappa shape index (κ1) is 12.7. The molecule has 0 atom stereocenters. The molecule has 3 rings (SSSR count). The smallest absolute Gasteiger partial charge is 0.221 e. The Morgan fingerprint density at radius 2 is 1.70 bits per heavy atom. The summed E-state index contributed by atoms with van der Waals surface area (Å²) in [5.74, 6) is -0.540. The molecular formula is C15H9BrN2O2. The van der Waals surface area contributed by atoms with Crippen LogP contribution in [-0.2, 0) is 0 Å². The lowest BCUT2D eigenvalue weighted by Gasteiger charge is -2.18. The summed E-state index contributed by atoms with van der Waals surface area (Å²) in [6, 6.07) is 12.5. The standard InChI is InChI=1S/C15H9BrN2O2/c16-11-13(18-9-5-2-1-3-6-9)14(19)10-7-4-8-17-12(10)15(11)20/h1-8,18H. The molecule has 0 spiro atoms. The van der Waals surface area contributed by atoms with Gasteiger partial charge in [-0.25, -0.2) is 0 Å². The normalized spacial score (nSPS) is 14.2. The SMILES string of the molecule is O=C1C(Nc2ccccc2)=C(Br)C(=O)c2ncccc21. The number of Topliss-reactive ketones (excluding diaryl/α,β-unsaturated/α-hetero) is 2. The molecule has 0 radical (unpaired) electrons. The van der Waals surface area contributed by atoms with Crippen LogP contribution in [0.4, 0.5) is 5.69 Å². The average molecular weight is 329 g/mol. The van der Waals surface area contributed by atoms with E-state index < -0.39 is 0 Å². The van der Waals surface area contributed by atoms with Gasteiger partial charge in [0.2, 0.25) is 11.6 Å². The predicted octanol–water partition coefficient (Wildman–Crippen LogP) is 3.18. The van der Waals surface area contributed by atoms with Gasteiger partial charge in [-0.2, -0.15) is 0 Å². The van der Waals surface area contributed by atoms with Crippen molar-refractivity contribution < 1.29 is 9.59 Å². The maximum absolute atomic E-state index is 12.4. The molecule has 20 heavy (non-hydrogen) atoms. The molecule has 0 amide bonds. The zero-order valence-electron chi connectivity index (χ0n) is 10.3. The number of nitrogens with one attached hydrogen (secondary N) is 1. The van der Waals surface area contributed by atoms with Gasteiger partial charge in [-0.05, 0) is 40.2 Å². The van der Waals surface area contributed by atoms with Gasteiger partial charge in [-0.3, -0.25) is 14.6 Å². The summed E-state index contributed by atoms with van der Waals surface area (Å²) in [6.45, 7) is 0. The highest BCUT2D eigenvalue weighted by atomic mass is 79.9. The van der Waals surface area contributed by atoms with Crippen molar-refractivity contribution in [2.24, 2.45) is 0 Å². The largest absolute Gasteiger partial charge is 0.351 e. The number of anilines is 1. The van der Waals surface area contributed by atoms with Crippen LogP contribution in [0.5, 0.6) is 0 Å². The lowest BCUT2D eigenvalue weighted by atomic mass is 9.97. The Morgan fingerprint density at radius 1 is 0.950 bits per heavy atom. The van der Waals surface area contributed by atoms with Gasteiger partial charge in [0.05, 0.1) is 10.0 Å². The number of nitrogens with zero attached hydrogens (tertiary/aromatic N) is 1. The van der Waals surface area contributed by atoms with Crippen LogP contribution in [0.3, 0.4) is 0 Å². The van der Waals surface area contributed by atoms with Crippen LogP contribution in [-0.4, -0.2) is 16.6 Å². The van der Waals surface area contributed by atoms with Gasteiger partial charge in [0, 0.05) is 11.9 Å². The van der Waals surface area contributed by atoms with Gasteiger partial charge in [-0.1, -0.05) is 18.2 Å². The Morgan fingerprint density at radius 3 is 2.45 bits per heavy atom. The van der Waals surface area contributed by atoms with E-state index in [0.29, 0.717) is 5.56 Å². The summed E-state index contributed by atoms with van der Waals surface area (Å²) in [5.41, 5.74) is 1.48. The van der Waals surface area contributed by atoms with E-state index in [2.05, 4.69) is 26.2 Å². The zero-order chi connectivity index (χ0) is 14.1. The fraction of sp³-hybridized carbons (Fsp3) is 0. The van der Waals surface area contributed by atoms with Gasteiger partial charge in [0.1, 0.15) is 11.4 Å². The Hall–Kier alpha value is -2.27. The van der Waals surface area contributed by atoms with Crippen LogP contribution >= 0.6 is 15.9 Å². The maximum Gasteiger partial charge on any atom is 0.221 e. The van der Waals surface area contributed by atoms with E-state index in [1.807, 2.05) is 30.3 Å². The second-order valence-electron chi connectivity index (χ2n) is 4.24. The summed E-state index contributed by atoms with van der Waals surface area (Å²) < 4.78 is 0.206. The topological polar surface area (TPSA) is 59.1 Å². The molecule has 1 aliphatic rings. The van der Waals surface area contributed by atoms with E-state index in [4.69, 9.17) is 0 Å². The second-order valence-corrected chi connectivity index (χ2v) is 5.03. The number of pyridine rings is 1. The molecule has 0 saturated carbocycles. The van der Waals surface area contributed by atoms with Gasteiger partial charge in [0.15, 0.2) is 0 Å². The van der Waals surface area contributed by atoms with Crippen LogP contribution in [0, 0.1) is 0 Å². The van der Waals surface area contributed by atoms with Crippen molar-refractivity contribution in [3.63, 3.8) is 0 Å². The number of allylic oxidation sites excluding steroid dienone is 2. The van der Waals surface area contributed by atoms with Crippen LogP contribution in [0.2, 0.25) is 0 Å². The third-order valence-corrected chi connectivity index (χ3v) is 3.71. The number of fused-ring (bicyclic) bond motifs is 1. The van der Waals surface area contributed by atoms with E-state index in [9.17, 15) is 9.59 Å². The van der Waals surface area contributed by atoms with E-state index >= 15 is 0 Å². The molecule has 1 heterocycles. The second kappa shape index (κ2) is 5.02. The van der Waals surface area contributed by atoms with Gasteiger partial charge < -0.3 is 5.32 Å². The third kappa shape index (κ3) is 2.06. The number of rotatable bonds is 2. The van der Waals surface area contributed by atoms with Gasteiger partial charge >= 0.3 is 0 Å². The molecular weight excluding hydrogens is 320 g/mol. The number of halogens is 1. The number of carbonyl (C=O) groups is 2. The van der Waals surface area contributed by atoms with Crippen molar-refractivity contribution in [1.82, 2.24) is 4.98 Å². The Kier molecular flexibility index (Phi) is 3.20. The lowest BCUT2D eigenvalue weighted by molar-refractivity contribution is 0.0979. The first-order valence-corrected chi connectivity index (χ1v) is 6.74. The van der Waals surface area contributed by atoms with Crippen LogP contribution in [0.15, 0.2) is 58.8 Å². The number of hydrogen-bond acceptors (Lipinski definition) is 4. The zero-order valence-corrected chi connectivity index (χ0v) is 11.8. The number of hydrogen-bond donors (Lipinski definition) is 1. The first-order valence-electron chi connectivity index (χ1n) is 5.95. The van der Waals surface area contributed by atoms with Crippen LogP contribution in [0.1, 0.15) is 20.8 Å². The van der Waals surface area contributed by atoms with Gasteiger partial charge in [-0.15, -0.1) is 0 Å². The molecule has 0 saturated heterocycles. The third-order valence-electron chi connectivity index (χ3n) is 2.96. The molecule has 2 aromatic rings. The number of ketones is 2. The van der Waals surface area contributed by atoms with E-state index in [1.54, 1.807) is 12.1 Å². The number of carbonyl (C=O) groups excluding carboxylic acids is 2. The fourth-order valence-electron chi connectivity index (χ4n) is 2.00. The van der Waals surface area contributed by atoms with E-state index in [1.165, 1.54) is 6.20 Å². The summed E-state index contributed by atoms with van der Waals surface area (Å²) >= 11 is 3.19. The van der Waals surface area contributed by atoms with Crippen molar-refractivity contribution in [2.45, 2.75) is 0 Å². The molecule has 1 aromatic carbocycles. The Labute approximate surface area is 123 Å². The molecule has 5 heteroatoms. The first-order chi connectivity index (χ1) is 9.68. The fourth-order valence-corrected chi connectivity index (χ4v) is 2.47. The summed E-state index contributed by atoms with van der Waals surface area (Å²) in [6.07, 6.45) is 1.50. The number of aromatic nitrogens is 1. The van der Waals surface area contributed by atoms with Gasteiger partial charge in [0.25, 0.3) is 0 Å². The Balaban J connectivity index is 2.06. The monoisotopic (exact) mass is 328 g/mol. The summed E-state index contributed by atoms with van der Waals surface area (Å²) in [7, 11) is 0. The van der Waals surface area contributed by atoms with Crippen molar-refractivity contribution in [2.75, 3.05) is 5.32 Å². The summed E-state index contributed by atoms with van der Waals surface area (Å²) in [4.78, 5) is 28.6. The van der Waals surface area contributed by atoms with E-state index in [-0.39, 0.29) is 27.4 Å². The molecule has 0 fully saturated rings. The highest BCUT2D eigenvalue weighted by Crippen LogP contribution is 2.29. The number of benzene rings is 1. The quantitative estimate of drug-likeness (QED) is 0.919. The Bertz CT molecular complexity index is 739. The summed E-state index contributed by atoms with van der Waals surface area (Å²) in [5, 5.41) is 2.99. The lowest BCUT2D eigenvalue weighted by Crippen LogP contribution is -2.25. The molecule has 0 unspecified atom stereocenters. The highest BCUT2D eigenvalue weighted by Gasteiger charge is 2.32.